The van der Waals surface area contributed by atoms with E-state index in [1.807, 2.05) is 31.6 Å². The van der Waals surface area contributed by atoms with Crippen molar-refractivity contribution in [3.05, 3.63) is 53.6 Å². The monoisotopic (exact) mass is 327 g/mol. The summed E-state index contributed by atoms with van der Waals surface area (Å²) in [6, 6.07) is 6.59. The zero-order chi connectivity index (χ0) is 16.7. The summed E-state index contributed by atoms with van der Waals surface area (Å²) in [4.78, 5) is 12.8. The molecular formula is C19H22FN3O. The Hall–Kier alpha value is -2.17. The van der Waals surface area contributed by atoms with Gasteiger partial charge in [-0.3, -0.25) is 9.48 Å². The van der Waals surface area contributed by atoms with Gasteiger partial charge in [-0.2, -0.15) is 5.10 Å². The average molecular weight is 327 g/mol. The lowest BCUT2D eigenvalue weighted by atomic mass is 9.87. The van der Waals surface area contributed by atoms with E-state index in [1.165, 1.54) is 12.1 Å². The van der Waals surface area contributed by atoms with Crippen LogP contribution in [0.25, 0.3) is 0 Å². The molecule has 0 radical (unpaired) electrons. The second kappa shape index (κ2) is 5.72. The van der Waals surface area contributed by atoms with Crippen LogP contribution in [-0.4, -0.2) is 15.7 Å². The largest absolute Gasteiger partial charge is 0.346 e. The first-order chi connectivity index (χ1) is 11.6. The van der Waals surface area contributed by atoms with Crippen LogP contribution in [-0.2, 0) is 17.4 Å². The van der Waals surface area contributed by atoms with E-state index in [0.29, 0.717) is 0 Å². The first-order valence-electron chi connectivity index (χ1n) is 8.64. The van der Waals surface area contributed by atoms with E-state index >= 15 is 0 Å². The van der Waals surface area contributed by atoms with E-state index in [9.17, 15) is 9.18 Å². The maximum Gasteiger partial charge on any atom is 0.224 e. The highest BCUT2D eigenvalue weighted by Gasteiger charge is 2.47. The molecule has 1 N–H and O–H groups in total. The van der Waals surface area contributed by atoms with Gasteiger partial charge in [-0.1, -0.05) is 25.0 Å². The van der Waals surface area contributed by atoms with Crippen molar-refractivity contribution in [2.75, 3.05) is 0 Å². The van der Waals surface area contributed by atoms with Gasteiger partial charge in [0.15, 0.2) is 0 Å². The van der Waals surface area contributed by atoms with Gasteiger partial charge in [0, 0.05) is 19.2 Å². The van der Waals surface area contributed by atoms with Gasteiger partial charge in [-0.05, 0) is 48.4 Å². The summed E-state index contributed by atoms with van der Waals surface area (Å²) >= 11 is 0. The van der Waals surface area contributed by atoms with Crippen LogP contribution < -0.4 is 5.32 Å². The fourth-order valence-electron chi connectivity index (χ4n) is 4.05. The number of aromatic nitrogens is 2. The summed E-state index contributed by atoms with van der Waals surface area (Å²) in [7, 11) is 1.89. The average Bonchev–Trinajstić information content (AvgIpc) is 3.03. The predicted octanol–water partition coefficient (Wildman–Crippen LogP) is 3.25. The van der Waals surface area contributed by atoms with Gasteiger partial charge >= 0.3 is 0 Å². The molecule has 2 aromatic rings. The maximum atomic E-state index is 13.2. The third-order valence-corrected chi connectivity index (χ3v) is 5.50. The lowest BCUT2D eigenvalue weighted by Gasteiger charge is -2.31. The highest BCUT2D eigenvalue weighted by atomic mass is 19.1. The molecule has 0 saturated heterocycles. The van der Waals surface area contributed by atoms with Gasteiger partial charge in [0.05, 0.1) is 11.7 Å². The van der Waals surface area contributed by atoms with Crippen molar-refractivity contribution in [2.24, 2.45) is 13.0 Å². The summed E-state index contributed by atoms with van der Waals surface area (Å²) in [6.45, 7) is 0. The number of amides is 1. The molecule has 2 aliphatic carbocycles. The Morgan fingerprint density at radius 2 is 2.00 bits per heavy atom. The number of aryl methyl sites for hydroxylation is 1. The lowest BCUT2D eigenvalue weighted by Crippen LogP contribution is -2.44. The zero-order valence-corrected chi connectivity index (χ0v) is 13.8. The van der Waals surface area contributed by atoms with Crippen LogP contribution in [0.5, 0.6) is 0 Å². The molecule has 4 nitrogen and oxygen atoms in total. The SMILES string of the molecule is Cn1cc(C2CC2C(=O)NC2(c3ccc(F)cc3)CCCC2)cn1. The maximum absolute atomic E-state index is 13.2. The summed E-state index contributed by atoms with van der Waals surface area (Å²) in [5.41, 5.74) is 1.83. The quantitative estimate of drug-likeness (QED) is 0.937. The first kappa shape index (κ1) is 15.4. The summed E-state index contributed by atoms with van der Waals surface area (Å²) in [5, 5.41) is 7.50. The molecule has 0 aliphatic heterocycles. The van der Waals surface area contributed by atoms with E-state index in [-0.39, 0.29) is 29.1 Å². The van der Waals surface area contributed by atoms with Gasteiger partial charge in [0.2, 0.25) is 5.91 Å². The number of nitrogens with zero attached hydrogens (tertiary/aromatic N) is 2. The molecule has 2 saturated carbocycles. The number of halogens is 1. The Kier molecular flexibility index (Phi) is 3.66. The van der Waals surface area contributed by atoms with Gasteiger partial charge in [-0.25, -0.2) is 4.39 Å². The normalized spacial score (nSPS) is 24.8. The smallest absolute Gasteiger partial charge is 0.224 e. The van der Waals surface area contributed by atoms with E-state index < -0.39 is 0 Å². The molecule has 1 aromatic heterocycles. The van der Waals surface area contributed by atoms with Crippen LogP contribution in [0.15, 0.2) is 36.7 Å². The van der Waals surface area contributed by atoms with Crippen molar-refractivity contribution in [1.29, 1.82) is 0 Å². The van der Waals surface area contributed by atoms with Crippen LogP contribution in [0.3, 0.4) is 0 Å². The van der Waals surface area contributed by atoms with Crippen molar-refractivity contribution >= 4 is 5.91 Å². The standard InChI is InChI=1S/C19H22FN3O/c1-23-12-13(11-21-23)16-10-17(16)18(24)22-19(8-2-3-9-19)14-4-6-15(20)7-5-14/h4-7,11-12,16-17H,2-3,8-10H2,1H3,(H,22,24). The third-order valence-electron chi connectivity index (χ3n) is 5.50. The number of nitrogens with one attached hydrogen (secondary N) is 1. The molecule has 0 bridgehead atoms. The van der Waals surface area contributed by atoms with Gasteiger partial charge in [0.1, 0.15) is 5.82 Å². The Labute approximate surface area is 141 Å². The molecule has 2 unspecified atom stereocenters. The number of benzene rings is 1. The minimum atomic E-state index is -0.327. The second-order valence-electron chi connectivity index (χ2n) is 7.18. The fourth-order valence-corrected chi connectivity index (χ4v) is 4.05. The molecule has 126 valence electrons. The van der Waals surface area contributed by atoms with Crippen molar-refractivity contribution in [1.82, 2.24) is 15.1 Å². The molecule has 1 heterocycles. The predicted molar refractivity (Wildman–Crippen MR) is 88.7 cm³/mol. The van der Waals surface area contributed by atoms with Crippen molar-refractivity contribution in [2.45, 2.75) is 43.6 Å². The molecule has 2 aliphatic rings. The number of hydrogen-bond acceptors (Lipinski definition) is 2. The van der Waals surface area contributed by atoms with Crippen molar-refractivity contribution in [3.63, 3.8) is 0 Å². The molecule has 1 amide bonds. The molecule has 1 aromatic carbocycles. The van der Waals surface area contributed by atoms with Crippen LogP contribution in [0.2, 0.25) is 0 Å². The first-order valence-corrected chi connectivity index (χ1v) is 8.64. The third kappa shape index (κ3) is 2.72. The number of carbonyl (C=O) groups is 1. The highest BCUT2D eigenvalue weighted by Crippen LogP contribution is 2.48. The number of hydrogen-bond donors (Lipinski definition) is 1. The molecule has 0 spiro atoms. The molecule has 2 atom stereocenters. The van der Waals surface area contributed by atoms with Crippen molar-refractivity contribution < 1.29 is 9.18 Å². The van der Waals surface area contributed by atoms with Crippen LogP contribution in [0.4, 0.5) is 4.39 Å². The topological polar surface area (TPSA) is 46.9 Å². The Morgan fingerprint density at radius 1 is 1.29 bits per heavy atom. The van der Waals surface area contributed by atoms with Crippen molar-refractivity contribution in [3.8, 4) is 0 Å². The molecule has 5 heteroatoms. The summed E-state index contributed by atoms with van der Waals surface area (Å²) in [6.07, 6.45) is 8.76. The fraction of sp³-hybridized carbons (Fsp3) is 0.474. The molecule has 2 fully saturated rings. The number of carbonyl (C=O) groups excluding carboxylic acids is 1. The van der Waals surface area contributed by atoms with Crippen LogP contribution in [0, 0.1) is 11.7 Å². The Morgan fingerprint density at radius 3 is 2.62 bits per heavy atom. The second-order valence-corrected chi connectivity index (χ2v) is 7.18. The van der Waals surface area contributed by atoms with E-state index in [2.05, 4.69) is 10.4 Å². The van der Waals surface area contributed by atoms with Gasteiger partial charge in [0.25, 0.3) is 0 Å². The van der Waals surface area contributed by atoms with Crippen LogP contribution in [0.1, 0.15) is 49.1 Å². The van der Waals surface area contributed by atoms with E-state index in [0.717, 1.165) is 43.2 Å². The number of rotatable bonds is 4. The lowest BCUT2D eigenvalue weighted by molar-refractivity contribution is -0.124. The minimum Gasteiger partial charge on any atom is -0.346 e. The summed E-state index contributed by atoms with van der Waals surface area (Å²) in [5.74, 6) is 0.199. The van der Waals surface area contributed by atoms with E-state index in [4.69, 9.17) is 0 Å². The Balaban J connectivity index is 1.50. The molecular weight excluding hydrogens is 305 g/mol. The van der Waals surface area contributed by atoms with Gasteiger partial charge < -0.3 is 5.32 Å². The van der Waals surface area contributed by atoms with Crippen LogP contribution >= 0.6 is 0 Å². The molecule has 4 rings (SSSR count). The summed E-state index contributed by atoms with van der Waals surface area (Å²) < 4.78 is 15.0. The van der Waals surface area contributed by atoms with Gasteiger partial charge in [-0.15, -0.1) is 0 Å². The Bertz CT molecular complexity index is 746. The highest BCUT2D eigenvalue weighted by molar-refractivity contribution is 5.83. The van der Waals surface area contributed by atoms with E-state index in [1.54, 1.807) is 4.68 Å². The molecule has 24 heavy (non-hydrogen) atoms. The minimum absolute atomic E-state index is 0.0344. The zero-order valence-electron chi connectivity index (χ0n) is 13.8.